The molecule has 0 aliphatic rings. The quantitative estimate of drug-likeness (QED) is 0.657. The van der Waals surface area contributed by atoms with E-state index >= 15 is 0 Å². The average molecular weight is 152 g/mol. The monoisotopic (exact) mass is 152 g/mol. The molecule has 10 heavy (non-hydrogen) atoms. The summed E-state index contributed by atoms with van der Waals surface area (Å²) in [7, 11) is 0. The van der Waals surface area contributed by atoms with Gasteiger partial charge in [-0.15, -0.1) is 0 Å². The van der Waals surface area contributed by atoms with Gasteiger partial charge in [0.15, 0.2) is 0 Å². The highest BCUT2D eigenvalue weighted by Crippen LogP contribution is 2.30. The number of rotatable bonds is 3. The summed E-state index contributed by atoms with van der Waals surface area (Å²) in [5.41, 5.74) is 0. The molecule has 1 N–H and O–H groups in total. The molecule has 1 nitrogen and oxygen atoms in total. The second-order valence-corrected chi connectivity index (χ2v) is 2.85. The minimum absolute atomic E-state index is 0.176. The molecule has 0 aromatic rings. The zero-order valence-electron chi connectivity index (χ0n) is 6.56. The van der Waals surface area contributed by atoms with Crippen molar-refractivity contribution in [3.8, 4) is 0 Å². The van der Waals surface area contributed by atoms with Crippen LogP contribution in [0.3, 0.4) is 0 Å². The van der Waals surface area contributed by atoms with Gasteiger partial charge in [-0.1, -0.05) is 20.8 Å². The smallest absolute Gasteiger partial charge is 0.336 e. The first-order chi connectivity index (χ1) is 4.39. The van der Waals surface area contributed by atoms with Gasteiger partial charge in [-0.3, -0.25) is 0 Å². The molecule has 0 aromatic carbocycles. The average Bonchev–Trinajstić information content (AvgIpc) is 1.60. The van der Waals surface area contributed by atoms with Gasteiger partial charge in [-0.05, 0) is 12.3 Å². The summed E-state index contributed by atoms with van der Waals surface area (Å²) < 4.78 is 24.4. The van der Waals surface area contributed by atoms with Crippen molar-refractivity contribution in [2.75, 3.05) is 0 Å². The molecule has 0 spiro atoms. The summed E-state index contributed by atoms with van der Waals surface area (Å²) in [5.74, 6) is -1.09. The fourth-order valence-corrected chi connectivity index (χ4v) is 1.12. The van der Waals surface area contributed by atoms with E-state index in [1.165, 1.54) is 0 Å². The molecule has 0 rings (SSSR count). The SMILES string of the molecule is CCC(C(C)C)C(O)(F)F. The van der Waals surface area contributed by atoms with E-state index in [1.54, 1.807) is 20.8 Å². The Morgan fingerprint density at radius 1 is 1.40 bits per heavy atom. The van der Waals surface area contributed by atoms with Gasteiger partial charge in [-0.25, -0.2) is 0 Å². The minimum atomic E-state index is -3.51. The number of halogens is 2. The Morgan fingerprint density at radius 2 is 1.80 bits per heavy atom. The van der Waals surface area contributed by atoms with Crippen LogP contribution in [0.4, 0.5) is 8.78 Å². The highest BCUT2D eigenvalue weighted by molar-refractivity contribution is 4.68. The Kier molecular flexibility index (Phi) is 3.22. The van der Waals surface area contributed by atoms with E-state index < -0.39 is 12.0 Å². The molecular formula is C7H14F2O. The summed E-state index contributed by atoms with van der Waals surface area (Å²) >= 11 is 0. The molecule has 0 aliphatic carbocycles. The first-order valence-electron chi connectivity index (χ1n) is 3.49. The number of aliphatic hydroxyl groups is 1. The van der Waals surface area contributed by atoms with Crippen molar-refractivity contribution in [3.63, 3.8) is 0 Å². The lowest BCUT2D eigenvalue weighted by molar-refractivity contribution is -0.246. The van der Waals surface area contributed by atoms with Gasteiger partial charge in [0.1, 0.15) is 0 Å². The largest absolute Gasteiger partial charge is 0.356 e. The maximum absolute atomic E-state index is 12.2. The van der Waals surface area contributed by atoms with Gasteiger partial charge in [0.05, 0.1) is 5.92 Å². The van der Waals surface area contributed by atoms with Crippen LogP contribution in [0.15, 0.2) is 0 Å². The summed E-state index contributed by atoms with van der Waals surface area (Å²) in [6.07, 6.45) is -3.20. The van der Waals surface area contributed by atoms with Crippen molar-refractivity contribution < 1.29 is 13.9 Å². The zero-order chi connectivity index (χ0) is 8.36. The van der Waals surface area contributed by atoms with E-state index in [1.807, 2.05) is 0 Å². The predicted molar refractivity (Wildman–Crippen MR) is 35.8 cm³/mol. The number of hydrogen-bond donors (Lipinski definition) is 1. The van der Waals surface area contributed by atoms with E-state index in [4.69, 9.17) is 5.11 Å². The van der Waals surface area contributed by atoms with Crippen molar-refractivity contribution in [1.29, 1.82) is 0 Å². The van der Waals surface area contributed by atoms with E-state index in [0.717, 1.165) is 0 Å². The molecule has 0 fully saturated rings. The van der Waals surface area contributed by atoms with Crippen LogP contribution in [-0.4, -0.2) is 11.2 Å². The molecule has 0 aliphatic heterocycles. The molecule has 0 aromatic heterocycles. The summed E-state index contributed by atoms with van der Waals surface area (Å²) in [6.45, 7) is 5.01. The Bertz CT molecular complexity index is 96.3. The third kappa shape index (κ3) is 2.60. The molecule has 0 amide bonds. The van der Waals surface area contributed by atoms with Crippen molar-refractivity contribution in [3.05, 3.63) is 0 Å². The normalized spacial score (nSPS) is 15.9. The van der Waals surface area contributed by atoms with E-state index in [2.05, 4.69) is 0 Å². The second kappa shape index (κ2) is 3.28. The fraction of sp³-hybridized carbons (Fsp3) is 1.00. The Labute approximate surface area is 60.1 Å². The fourth-order valence-electron chi connectivity index (χ4n) is 1.12. The lowest BCUT2D eigenvalue weighted by atomic mass is 9.92. The third-order valence-corrected chi connectivity index (χ3v) is 1.69. The molecule has 1 atom stereocenters. The molecule has 0 bridgehead atoms. The summed E-state index contributed by atoms with van der Waals surface area (Å²) in [5, 5.41) is 8.31. The van der Waals surface area contributed by atoms with Crippen LogP contribution in [-0.2, 0) is 0 Å². The van der Waals surface area contributed by atoms with E-state index in [9.17, 15) is 8.78 Å². The molecular weight excluding hydrogens is 138 g/mol. The molecule has 3 heteroatoms. The minimum Gasteiger partial charge on any atom is -0.336 e. The first kappa shape index (κ1) is 9.82. The Morgan fingerprint density at radius 3 is 1.80 bits per heavy atom. The zero-order valence-corrected chi connectivity index (χ0v) is 6.56. The van der Waals surface area contributed by atoms with Crippen LogP contribution in [0.25, 0.3) is 0 Å². The van der Waals surface area contributed by atoms with Crippen LogP contribution in [0, 0.1) is 11.8 Å². The highest BCUT2D eigenvalue weighted by atomic mass is 19.3. The predicted octanol–water partition coefficient (Wildman–Crippen LogP) is 2.25. The number of alkyl halides is 2. The van der Waals surface area contributed by atoms with Crippen molar-refractivity contribution in [2.45, 2.75) is 33.3 Å². The topological polar surface area (TPSA) is 20.2 Å². The Balaban J connectivity index is 4.07. The van der Waals surface area contributed by atoms with Gasteiger partial charge in [0, 0.05) is 0 Å². The lowest BCUT2D eigenvalue weighted by Crippen LogP contribution is -2.31. The van der Waals surface area contributed by atoms with Gasteiger partial charge in [0.2, 0.25) is 0 Å². The molecule has 0 radical (unpaired) electrons. The highest BCUT2D eigenvalue weighted by Gasteiger charge is 2.37. The van der Waals surface area contributed by atoms with E-state index in [-0.39, 0.29) is 5.92 Å². The van der Waals surface area contributed by atoms with Gasteiger partial charge < -0.3 is 5.11 Å². The summed E-state index contributed by atoms with van der Waals surface area (Å²) in [4.78, 5) is 0. The third-order valence-electron chi connectivity index (χ3n) is 1.69. The number of hydrogen-bond acceptors (Lipinski definition) is 1. The maximum Gasteiger partial charge on any atom is 0.356 e. The maximum atomic E-state index is 12.2. The van der Waals surface area contributed by atoms with Gasteiger partial charge in [0.25, 0.3) is 0 Å². The molecule has 0 saturated carbocycles. The van der Waals surface area contributed by atoms with Crippen molar-refractivity contribution in [2.24, 2.45) is 11.8 Å². The first-order valence-corrected chi connectivity index (χ1v) is 3.49. The van der Waals surface area contributed by atoms with Crippen molar-refractivity contribution >= 4 is 0 Å². The Hall–Kier alpha value is -0.180. The molecule has 0 saturated heterocycles. The molecule has 1 unspecified atom stereocenters. The summed E-state index contributed by atoms with van der Waals surface area (Å²) in [6, 6.07) is 0. The van der Waals surface area contributed by atoms with Crippen molar-refractivity contribution in [1.82, 2.24) is 0 Å². The van der Waals surface area contributed by atoms with Crippen LogP contribution in [0.5, 0.6) is 0 Å². The van der Waals surface area contributed by atoms with Gasteiger partial charge in [-0.2, -0.15) is 8.78 Å². The van der Waals surface area contributed by atoms with Crippen LogP contribution >= 0.6 is 0 Å². The van der Waals surface area contributed by atoms with Crippen LogP contribution in [0.2, 0.25) is 0 Å². The standard InChI is InChI=1S/C7H14F2O/c1-4-6(5(2)3)7(8,9)10/h5-6,10H,4H2,1-3H3. The van der Waals surface area contributed by atoms with E-state index in [0.29, 0.717) is 6.42 Å². The lowest BCUT2D eigenvalue weighted by Gasteiger charge is -2.23. The molecule has 0 heterocycles. The second-order valence-electron chi connectivity index (χ2n) is 2.85. The van der Waals surface area contributed by atoms with Crippen LogP contribution < -0.4 is 0 Å². The van der Waals surface area contributed by atoms with Crippen LogP contribution in [0.1, 0.15) is 27.2 Å². The molecule has 62 valence electrons. The van der Waals surface area contributed by atoms with Gasteiger partial charge >= 0.3 is 6.11 Å².